The molecule has 134 valence electrons. The van der Waals surface area contributed by atoms with Crippen LogP contribution in [-0.4, -0.2) is 5.97 Å². The van der Waals surface area contributed by atoms with Crippen LogP contribution in [0.1, 0.15) is 75.5 Å². The molecule has 0 saturated heterocycles. The number of benzene rings is 2. The number of esters is 1. The normalized spacial score (nSPS) is 12.1. The Morgan fingerprint density at radius 3 is 1.72 bits per heavy atom. The van der Waals surface area contributed by atoms with Gasteiger partial charge >= 0.3 is 5.97 Å². The summed E-state index contributed by atoms with van der Waals surface area (Å²) in [4.78, 5) is 12.7. The van der Waals surface area contributed by atoms with E-state index in [-0.39, 0.29) is 16.8 Å². The third-order valence-electron chi connectivity index (χ3n) is 4.44. The number of aryl methyl sites for hydroxylation is 1. The molecule has 0 aromatic heterocycles. The van der Waals surface area contributed by atoms with Gasteiger partial charge in [0, 0.05) is 0 Å². The quantitative estimate of drug-likeness (QED) is 0.502. The molecule has 0 N–H and O–H groups in total. The lowest BCUT2D eigenvalue weighted by Gasteiger charge is -2.25. The highest BCUT2D eigenvalue weighted by atomic mass is 16.5. The Labute approximate surface area is 152 Å². The van der Waals surface area contributed by atoms with Crippen molar-refractivity contribution in [3.63, 3.8) is 0 Å². The maximum atomic E-state index is 12.7. The molecule has 0 radical (unpaired) electrons. The van der Waals surface area contributed by atoms with Crippen molar-refractivity contribution in [3.8, 4) is 5.75 Å². The Bertz CT molecular complexity index is 709. The molecule has 0 saturated carbocycles. The molecule has 2 aromatic rings. The van der Waals surface area contributed by atoms with Gasteiger partial charge in [-0.25, -0.2) is 4.79 Å². The van der Waals surface area contributed by atoms with Crippen LogP contribution in [-0.2, 0) is 17.3 Å². The Morgan fingerprint density at radius 2 is 1.32 bits per heavy atom. The molecule has 0 unspecified atom stereocenters. The van der Waals surface area contributed by atoms with E-state index in [1.165, 1.54) is 5.56 Å². The molecule has 0 aliphatic rings. The van der Waals surface area contributed by atoms with E-state index in [1.54, 1.807) is 0 Å². The zero-order chi connectivity index (χ0) is 18.8. The van der Waals surface area contributed by atoms with Crippen LogP contribution in [0.5, 0.6) is 5.75 Å². The van der Waals surface area contributed by atoms with Gasteiger partial charge < -0.3 is 4.74 Å². The molecular formula is C23H30O2. The molecule has 0 amide bonds. The Kier molecular flexibility index (Phi) is 5.41. The molecule has 0 aliphatic carbocycles. The van der Waals surface area contributed by atoms with Gasteiger partial charge in [0.25, 0.3) is 0 Å². The average Bonchev–Trinajstić information content (AvgIpc) is 2.53. The summed E-state index contributed by atoms with van der Waals surface area (Å²) in [7, 11) is 0. The van der Waals surface area contributed by atoms with Crippen LogP contribution in [0.15, 0.2) is 42.5 Å². The predicted molar refractivity (Wildman–Crippen MR) is 105 cm³/mol. The van der Waals surface area contributed by atoms with Gasteiger partial charge in [-0.1, -0.05) is 66.7 Å². The van der Waals surface area contributed by atoms with Crippen LogP contribution >= 0.6 is 0 Å². The van der Waals surface area contributed by atoms with Crippen LogP contribution in [0, 0.1) is 0 Å². The lowest BCUT2D eigenvalue weighted by atomic mass is 9.79. The van der Waals surface area contributed by atoms with Gasteiger partial charge in [-0.05, 0) is 58.2 Å². The van der Waals surface area contributed by atoms with Crippen molar-refractivity contribution in [2.75, 3.05) is 0 Å². The predicted octanol–water partition coefficient (Wildman–Crippen LogP) is 6.06. The summed E-state index contributed by atoms with van der Waals surface area (Å²) in [5, 5.41) is 0. The summed E-state index contributed by atoms with van der Waals surface area (Å²) < 4.78 is 5.60. The minimum Gasteiger partial charge on any atom is -0.423 e. The molecule has 0 fully saturated rings. The third kappa shape index (κ3) is 4.94. The van der Waals surface area contributed by atoms with E-state index in [2.05, 4.69) is 54.5 Å². The van der Waals surface area contributed by atoms with Crippen LogP contribution in [0.2, 0.25) is 0 Å². The lowest BCUT2D eigenvalue weighted by molar-refractivity contribution is 0.0734. The monoisotopic (exact) mass is 338 g/mol. The van der Waals surface area contributed by atoms with Gasteiger partial charge in [-0.3, -0.25) is 0 Å². The number of carbonyl (C=O) groups is 1. The maximum Gasteiger partial charge on any atom is 0.343 e. The second-order valence-corrected chi connectivity index (χ2v) is 8.69. The second kappa shape index (κ2) is 7.03. The number of carbonyl (C=O) groups excluding carboxylic acids is 1. The first-order valence-electron chi connectivity index (χ1n) is 8.98. The number of rotatable bonds is 3. The molecule has 0 bridgehead atoms. The third-order valence-corrected chi connectivity index (χ3v) is 4.44. The largest absolute Gasteiger partial charge is 0.423 e. The molecule has 2 aromatic carbocycles. The zero-order valence-corrected chi connectivity index (χ0v) is 16.6. The highest BCUT2D eigenvalue weighted by Gasteiger charge is 2.22. The lowest BCUT2D eigenvalue weighted by Crippen LogP contribution is -2.19. The van der Waals surface area contributed by atoms with Crippen molar-refractivity contribution < 1.29 is 9.53 Å². The molecule has 0 aliphatic heterocycles. The highest BCUT2D eigenvalue weighted by Crippen LogP contribution is 2.30. The first-order valence-corrected chi connectivity index (χ1v) is 8.98. The number of hydrogen-bond acceptors (Lipinski definition) is 2. The molecule has 2 rings (SSSR count). The molecular weight excluding hydrogens is 308 g/mol. The molecule has 0 heterocycles. The first kappa shape index (κ1) is 19.2. The molecule has 0 spiro atoms. The minimum absolute atomic E-state index is 0.0287. The second-order valence-electron chi connectivity index (χ2n) is 8.69. The van der Waals surface area contributed by atoms with Crippen LogP contribution in [0.4, 0.5) is 0 Å². The van der Waals surface area contributed by atoms with Crippen molar-refractivity contribution in [1.29, 1.82) is 0 Å². The fourth-order valence-electron chi connectivity index (χ4n) is 2.57. The smallest absolute Gasteiger partial charge is 0.343 e. The zero-order valence-electron chi connectivity index (χ0n) is 16.6. The molecule has 25 heavy (non-hydrogen) atoms. The molecule has 2 nitrogen and oxygen atoms in total. The van der Waals surface area contributed by atoms with Gasteiger partial charge in [0.15, 0.2) is 0 Å². The Morgan fingerprint density at radius 1 is 0.840 bits per heavy atom. The van der Waals surface area contributed by atoms with Crippen LogP contribution in [0.3, 0.4) is 0 Å². The summed E-state index contributed by atoms with van der Waals surface area (Å²) in [5.74, 6) is 0.279. The van der Waals surface area contributed by atoms with E-state index in [9.17, 15) is 4.79 Å². The van der Waals surface area contributed by atoms with E-state index >= 15 is 0 Å². The van der Waals surface area contributed by atoms with E-state index < -0.39 is 0 Å². The summed E-state index contributed by atoms with van der Waals surface area (Å²) >= 11 is 0. The van der Waals surface area contributed by atoms with Gasteiger partial charge in [-0.2, -0.15) is 0 Å². The topological polar surface area (TPSA) is 26.3 Å². The standard InChI is InChI=1S/C23H30O2/c1-8-16-9-11-20(12-10-16)25-21(24)17-13-18(22(2,3)4)15-19(14-17)23(5,6)7/h9-15H,8H2,1-7H3. The van der Waals surface area contributed by atoms with Crippen molar-refractivity contribution in [1.82, 2.24) is 0 Å². The highest BCUT2D eigenvalue weighted by molar-refractivity contribution is 5.91. The van der Waals surface area contributed by atoms with Gasteiger partial charge in [0.1, 0.15) is 5.75 Å². The van der Waals surface area contributed by atoms with E-state index in [0.29, 0.717) is 11.3 Å². The van der Waals surface area contributed by atoms with E-state index in [1.807, 2.05) is 36.4 Å². The molecule has 2 heteroatoms. The van der Waals surface area contributed by atoms with E-state index in [4.69, 9.17) is 4.74 Å². The van der Waals surface area contributed by atoms with Gasteiger partial charge in [0.05, 0.1) is 5.56 Å². The summed E-state index contributed by atoms with van der Waals surface area (Å²) in [6.45, 7) is 15.1. The van der Waals surface area contributed by atoms with Gasteiger partial charge in [0.2, 0.25) is 0 Å². The van der Waals surface area contributed by atoms with Crippen molar-refractivity contribution >= 4 is 5.97 Å². The first-order chi connectivity index (χ1) is 11.5. The minimum atomic E-state index is -0.305. The molecule has 0 atom stereocenters. The van der Waals surface area contributed by atoms with E-state index in [0.717, 1.165) is 17.5 Å². The fraction of sp³-hybridized carbons (Fsp3) is 0.435. The Hall–Kier alpha value is -2.09. The number of ether oxygens (including phenoxy) is 1. The Balaban J connectivity index is 2.37. The summed E-state index contributed by atoms with van der Waals surface area (Å²) in [5.41, 5.74) is 4.07. The maximum absolute atomic E-state index is 12.7. The van der Waals surface area contributed by atoms with Crippen molar-refractivity contribution in [2.24, 2.45) is 0 Å². The summed E-state index contributed by atoms with van der Waals surface area (Å²) in [6.07, 6.45) is 0.969. The summed E-state index contributed by atoms with van der Waals surface area (Å²) in [6, 6.07) is 13.8. The fourth-order valence-corrected chi connectivity index (χ4v) is 2.57. The van der Waals surface area contributed by atoms with Crippen LogP contribution < -0.4 is 4.74 Å². The number of hydrogen-bond donors (Lipinski definition) is 0. The van der Waals surface area contributed by atoms with Crippen LogP contribution in [0.25, 0.3) is 0 Å². The van der Waals surface area contributed by atoms with Crippen molar-refractivity contribution in [2.45, 2.75) is 65.7 Å². The van der Waals surface area contributed by atoms with Crippen molar-refractivity contribution in [3.05, 3.63) is 64.7 Å². The SMILES string of the molecule is CCc1ccc(OC(=O)c2cc(C(C)(C)C)cc(C(C)(C)C)c2)cc1. The van der Waals surface area contributed by atoms with Gasteiger partial charge in [-0.15, -0.1) is 0 Å². The average molecular weight is 338 g/mol.